The zero-order valence-corrected chi connectivity index (χ0v) is 23.0. The first-order valence-electron chi connectivity index (χ1n) is 11.5. The maximum atomic E-state index is 13.6. The third-order valence-electron chi connectivity index (χ3n) is 5.83. The Labute approximate surface area is 225 Å². The molecule has 200 valence electrons. The van der Waals surface area contributed by atoms with Crippen LogP contribution in [0, 0.1) is 6.92 Å². The van der Waals surface area contributed by atoms with E-state index >= 15 is 0 Å². The smallest absolute Gasteiger partial charge is 0.243 e. The topological polar surface area (TPSA) is 130 Å². The van der Waals surface area contributed by atoms with Gasteiger partial charge in [-0.25, -0.2) is 18.4 Å². The molecule has 1 N–H and O–H groups in total. The summed E-state index contributed by atoms with van der Waals surface area (Å²) in [5.74, 6) is 1.27. The first-order chi connectivity index (χ1) is 18.2. The van der Waals surface area contributed by atoms with E-state index in [1.165, 1.54) is 32.8 Å². The standard InChI is InChI=1S/C25H27ClN6O5S/c1-15-13-27-23(28-14-15)22(37-5)16(2)38(33,34)31-25-30-29-24(17-8-6-9-18(26)12-17)32(25)21-19(35-3)10-7-11-20(21)36-4/h6-14,16,22H,1-5H3,(H,30,31). The molecule has 11 nitrogen and oxygen atoms in total. The van der Waals surface area contributed by atoms with Gasteiger partial charge < -0.3 is 14.2 Å². The molecule has 0 aliphatic carbocycles. The molecule has 0 aliphatic rings. The number of sulfonamides is 1. The van der Waals surface area contributed by atoms with Crippen LogP contribution in [0.5, 0.6) is 11.5 Å². The molecule has 0 saturated carbocycles. The van der Waals surface area contributed by atoms with Gasteiger partial charge in [-0.3, -0.25) is 9.29 Å². The quantitative estimate of drug-likeness (QED) is 0.304. The summed E-state index contributed by atoms with van der Waals surface area (Å²) in [6.07, 6.45) is 2.25. The van der Waals surface area contributed by atoms with Crippen LogP contribution < -0.4 is 14.2 Å². The van der Waals surface area contributed by atoms with Gasteiger partial charge >= 0.3 is 0 Å². The summed E-state index contributed by atoms with van der Waals surface area (Å²) in [4.78, 5) is 8.49. The van der Waals surface area contributed by atoms with Gasteiger partial charge in [0.25, 0.3) is 0 Å². The molecule has 2 unspecified atom stereocenters. The number of rotatable bonds is 10. The number of nitrogens with one attached hydrogen (secondary N) is 1. The fourth-order valence-corrected chi connectivity index (χ4v) is 5.19. The maximum Gasteiger partial charge on any atom is 0.243 e. The van der Waals surface area contributed by atoms with Gasteiger partial charge in [0.2, 0.25) is 16.0 Å². The van der Waals surface area contributed by atoms with Crippen molar-refractivity contribution >= 4 is 27.6 Å². The van der Waals surface area contributed by atoms with E-state index in [1.807, 2.05) is 6.92 Å². The molecule has 2 aromatic heterocycles. The Morgan fingerprint density at radius 3 is 2.18 bits per heavy atom. The van der Waals surface area contributed by atoms with Crippen LogP contribution in [0.15, 0.2) is 54.9 Å². The largest absolute Gasteiger partial charge is 0.494 e. The van der Waals surface area contributed by atoms with Crippen LogP contribution in [-0.2, 0) is 14.8 Å². The molecule has 0 radical (unpaired) electrons. The summed E-state index contributed by atoms with van der Waals surface area (Å²) in [6.45, 7) is 3.34. The number of anilines is 1. The van der Waals surface area contributed by atoms with Crippen molar-refractivity contribution in [1.29, 1.82) is 0 Å². The molecule has 0 saturated heterocycles. The van der Waals surface area contributed by atoms with Gasteiger partial charge in [-0.2, -0.15) is 0 Å². The number of hydrogen-bond donors (Lipinski definition) is 1. The highest BCUT2D eigenvalue weighted by Crippen LogP contribution is 2.38. The Balaban J connectivity index is 1.84. The Bertz CT molecular complexity index is 1510. The minimum absolute atomic E-state index is 0.0886. The third-order valence-corrected chi connectivity index (χ3v) is 7.76. The second-order valence-corrected chi connectivity index (χ2v) is 10.8. The lowest BCUT2D eigenvalue weighted by Crippen LogP contribution is -2.33. The van der Waals surface area contributed by atoms with Crippen molar-refractivity contribution in [2.75, 3.05) is 26.1 Å². The van der Waals surface area contributed by atoms with Gasteiger partial charge in [0, 0.05) is 30.1 Å². The van der Waals surface area contributed by atoms with Crippen molar-refractivity contribution in [2.24, 2.45) is 0 Å². The van der Waals surface area contributed by atoms with Crippen LogP contribution >= 0.6 is 11.6 Å². The van der Waals surface area contributed by atoms with E-state index in [1.54, 1.807) is 54.9 Å². The van der Waals surface area contributed by atoms with E-state index in [0.29, 0.717) is 33.6 Å². The molecule has 0 fully saturated rings. The van der Waals surface area contributed by atoms with Crippen LogP contribution in [0.4, 0.5) is 5.95 Å². The van der Waals surface area contributed by atoms with E-state index in [-0.39, 0.29) is 11.8 Å². The average molecular weight is 559 g/mol. The fraction of sp³-hybridized carbons (Fsp3) is 0.280. The highest BCUT2D eigenvalue weighted by molar-refractivity contribution is 7.93. The molecule has 38 heavy (non-hydrogen) atoms. The highest BCUT2D eigenvalue weighted by atomic mass is 35.5. The van der Waals surface area contributed by atoms with Crippen LogP contribution in [0.1, 0.15) is 24.4 Å². The lowest BCUT2D eigenvalue weighted by Gasteiger charge is -2.23. The molecule has 0 bridgehead atoms. The van der Waals surface area contributed by atoms with E-state index in [2.05, 4.69) is 24.9 Å². The first kappa shape index (κ1) is 27.3. The zero-order valence-electron chi connectivity index (χ0n) is 21.4. The Hall–Kier alpha value is -3.74. The molecule has 4 rings (SSSR count). The number of nitrogens with zero attached hydrogens (tertiary/aromatic N) is 5. The Kier molecular flexibility index (Phi) is 8.14. The summed E-state index contributed by atoms with van der Waals surface area (Å²) in [7, 11) is 0.283. The third kappa shape index (κ3) is 5.42. The van der Waals surface area contributed by atoms with E-state index in [0.717, 1.165) is 5.56 Å². The van der Waals surface area contributed by atoms with E-state index in [4.69, 9.17) is 25.8 Å². The molecule has 2 atom stereocenters. The van der Waals surface area contributed by atoms with Gasteiger partial charge in [0.1, 0.15) is 28.5 Å². The predicted octanol–water partition coefficient (Wildman–Crippen LogP) is 4.22. The minimum atomic E-state index is -4.12. The van der Waals surface area contributed by atoms with Crippen LogP contribution in [0.2, 0.25) is 5.02 Å². The fourth-order valence-electron chi connectivity index (χ4n) is 3.87. The number of para-hydroxylation sites is 1. The lowest BCUT2D eigenvalue weighted by molar-refractivity contribution is 0.0949. The van der Waals surface area contributed by atoms with Crippen molar-refractivity contribution in [2.45, 2.75) is 25.2 Å². The SMILES string of the molecule is COc1cccc(OC)c1-n1c(NS(=O)(=O)C(C)C(OC)c2ncc(C)cn2)nnc1-c1cccc(Cl)c1. The Morgan fingerprint density at radius 1 is 0.974 bits per heavy atom. The van der Waals surface area contributed by atoms with Gasteiger partial charge in [0.05, 0.1) is 14.2 Å². The minimum Gasteiger partial charge on any atom is -0.494 e. The number of aryl methyl sites for hydroxylation is 1. The van der Waals surface area contributed by atoms with Gasteiger partial charge in [0.15, 0.2) is 11.6 Å². The number of ether oxygens (including phenoxy) is 3. The molecule has 0 spiro atoms. The second kappa shape index (κ2) is 11.3. The number of halogens is 1. The van der Waals surface area contributed by atoms with Crippen LogP contribution in [0.3, 0.4) is 0 Å². The monoisotopic (exact) mass is 558 g/mol. The van der Waals surface area contributed by atoms with Crippen molar-refractivity contribution in [3.63, 3.8) is 0 Å². The second-order valence-electron chi connectivity index (χ2n) is 8.33. The van der Waals surface area contributed by atoms with E-state index in [9.17, 15) is 8.42 Å². The number of benzene rings is 2. The van der Waals surface area contributed by atoms with Crippen LogP contribution in [-0.4, -0.2) is 59.7 Å². The summed E-state index contributed by atoms with van der Waals surface area (Å²) in [5, 5.41) is 7.85. The number of aromatic nitrogens is 5. The molecule has 2 heterocycles. The molecule has 13 heteroatoms. The van der Waals surface area contributed by atoms with Crippen molar-refractivity contribution in [3.05, 3.63) is 71.3 Å². The summed E-state index contributed by atoms with van der Waals surface area (Å²) in [6, 6.07) is 12.1. The molecule has 2 aromatic carbocycles. The molecular weight excluding hydrogens is 532 g/mol. The van der Waals surface area contributed by atoms with Gasteiger partial charge in [-0.15, -0.1) is 10.2 Å². The Morgan fingerprint density at radius 2 is 1.61 bits per heavy atom. The molecular formula is C25H27ClN6O5S. The molecule has 0 aliphatic heterocycles. The van der Waals surface area contributed by atoms with Crippen molar-refractivity contribution < 1.29 is 22.6 Å². The zero-order chi connectivity index (χ0) is 27.4. The summed E-state index contributed by atoms with van der Waals surface area (Å²) in [5.41, 5.74) is 1.83. The highest BCUT2D eigenvalue weighted by Gasteiger charge is 2.35. The molecule has 4 aromatic rings. The van der Waals surface area contributed by atoms with Crippen molar-refractivity contribution in [3.8, 4) is 28.6 Å². The van der Waals surface area contributed by atoms with Gasteiger partial charge in [-0.1, -0.05) is 29.8 Å². The number of methoxy groups -OCH3 is 3. The normalized spacial score (nSPS) is 13.1. The van der Waals surface area contributed by atoms with E-state index < -0.39 is 21.4 Å². The summed E-state index contributed by atoms with van der Waals surface area (Å²) >= 11 is 6.24. The summed E-state index contributed by atoms with van der Waals surface area (Å²) < 4.78 is 48.0. The first-order valence-corrected chi connectivity index (χ1v) is 13.4. The maximum absolute atomic E-state index is 13.6. The lowest BCUT2D eigenvalue weighted by atomic mass is 10.2. The van der Waals surface area contributed by atoms with Crippen LogP contribution in [0.25, 0.3) is 17.1 Å². The van der Waals surface area contributed by atoms with Gasteiger partial charge in [-0.05, 0) is 43.7 Å². The van der Waals surface area contributed by atoms with Crippen molar-refractivity contribution in [1.82, 2.24) is 24.7 Å². The predicted molar refractivity (Wildman–Crippen MR) is 143 cm³/mol. The molecule has 0 amide bonds. The number of hydrogen-bond acceptors (Lipinski definition) is 9. The average Bonchev–Trinajstić information content (AvgIpc) is 3.31.